The molecule has 2 aliphatic carbocycles. The molecule has 0 aromatic carbocycles. The van der Waals surface area contributed by atoms with Gasteiger partial charge in [0.25, 0.3) is 0 Å². The molecule has 2 aliphatic rings. The lowest BCUT2D eigenvalue weighted by Gasteiger charge is -2.45. The minimum atomic E-state index is -0.534. The van der Waals surface area contributed by atoms with Crippen LogP contribution in [-0.2, 0) is 0 Å². The highest BCUT2D eigenvalue weighted by Gasteiger charge is 2.32. The molecule has 18 heavy (non-hydrogen) atoms. The van der Waals surface area contributed by atoms with Crippen molar-refractivity contribution in [1.82, 2.24) is 0 Å². The summed E-state index contributed by atoms with van der Waals surface area (Å²) < 4.78 is 0. The maximum Gasteiger partial charge on any atom is 0.0280 e. The van der Waals surface area contributed by atoms with Crippen molar-refractivity contribution in [3.05, 3.63) is 35.5 Å². The monoisotopic (exact) mass is 284 g/mol. The second kappa shape index (κ2) is 4.79. The van der Waals surface area contributed by atoms with Crippen LogP contribution >= 0.6 is 20.1 Å². The van der Waals surface area contributed by atoms with Crippen molar-refractivity contribution in [3.63, 3.8) is 0 Å². The zero-order valence-corrected chi connectivity index (χ0v) is 14.3. The molecule has 2 atom stereocenters. The van der Waals surface area contributed by atoms with E-state index >= 15 is 0 Å². The lowest BCUT2D eigenvalue weighted by Crippen LogP contribution is -2.27. The summed E-state index contributed by atoms with van der Waals surface area (Å²) in [6, 6.07) is 0. The molecule has 0 saturated heterocycles. The van der Waals surface area contributed by atoms with E-state index in [-0.39, 0.29) is 0 Å². The van der Waals surface area contributed by atoms with E-state index in [9.17, 15) is 0 Å². The first-order valence-corrected chi connectivity index (χ1v) is 12.4. The van der Waals surface area contributed by atoms with Crippen LogP contribution in [0.3, 0.4) is 0 Å². The van der Waals surface area contributed by atoms with Gasteiger partial charge >= 0.3 is 0 Å². The summed E-state index contributed by atoms with van der Waals surface area (Å²) in [4.78, 5) is 0. The molecule has 0 nitrogen and oxygen atoms in total. The Balaban J connectivity index is 2.40. The first-order valence-electron chi connectivity index (χ1n) is 6.61. The molecule has 0 heterocycles. The van der Waals surface area contributed by atoms with E-state index in [1.807, 2.05) is 0 Å². The van der Waals surface area contributed by atoms with Gasteiger partial charge in [0, 0.05) is 10.5 Å². The smallest absolute Gasteiger partial charge is 0.0280 e. The van der Waals surface area contributed by atoms with Gasteiger partial charge in [-0.15, -0.1) is 0 Å². The maximum atomic E-state index is 2.49. The Bertz CT molecular complexity index is 373. The van der Waals surface area contributed by atoms with Gasteiger partial charge in [-0.1, -0.05) is 35.5 Å². The highest BCUT2D eigenvalue weighted by molar-refractivity contribution is 8.33. The van der Waals surface area contributed by atoms with Gasteiger partial charge in [-0.05, 0) is 50.4 Å². The predicted molar refractivity (Wildman–Crippen MR) is 92.8 cm³/mol. The van der Waals surface area contributed by atoms with Crippen molar-refractivity contribution in [3.8, 4) is 0 Å². The molecule has 0 bridgehead atoms. The molecule has 0 N–H and O–H groups in total. The molecular formula is C16H28S2. The SMILES string of the molecule is CS(C)(C)C1C=CCC2=C1CC=CC2S(C)(C)C. The van der Waals surface area contributed by atoms with Gasteiger partial charge in [0.05, 0.1) is 0 Å². The predicted octanol–water partition coefficient (Wildman–Crippen LogP) is 4.33. The number of hydrogen-bond acceptors (Lipinski definition) is 0. The second-order valence-corrected chi connectivity index (χ2v) is 15.8. The van der Waals surface area contributed by atoms with Gasteiger partial charge < -0.3 is 0 Å². The molecule has 2 heteroatoms. The van der Waals surface area contributed by atoms with Crippen molar-refractivity contribution in [1.29, 1.82) is 0 Å². The zero-order chi connectivity index (χ0) is 13.6. The van der Waals surface area contributed by atoms with Crippen molar-refractivity contribution < 1.29 is 0 Å². The highest BCUT2D eigenvalue weighted by atomic mass is 32.3. The van der Waals surface area contributed by atoms with Gasteiger partial charge in [-0.25, -0.2) is 20.1 Å². The van der Waals surface area contributed by atoms with E-state index in [1.54, 1.807) is 11.1 Å². The summed E-state index contributed by atoms with van der Waals surface area (Å²) >= 11 is 0. The van der Waals surface area contributed by atoms with Crippen molar-refractivity contribution in [2.45, 2.75) is 23.3 Å². The zero-order valence-electron chi connectivity index (χ0n) is 12.7. The molecule has 0 spiro atoms. The largest absolute Gasteiger partial charge is 0.240 e. The second-order valence-electron chi connectivity index (χ2n) is 7.02. The van der Waals surface area contributed by atoms with Crippen LogP contribution in [0.5, 0.6) is 0 Å². The summed E-state index contributed by atoms with van der Waals surface area (Å²) in [7, 11) is -1.07. The van der Waals surface area contributed by atoms with Crippen LogP contribution in [0.15, 0.2) is 35.5 Å². The summed E-state index contributed by atoms with van der Waals surface area (Å²) in [6.45, 7) is 0. The third-order valence-corrected chi connectivity index (χ3v) is 7.85. The molecule has 2 unspecified atom stereocenters. The Kier molecular flexibility index (Phi) is 3.81. The van der Waals surface area contributed by atoms with Crippen LogP contribution in [0.1, 0.15) is 12.8 Å². The molecule has 0 fully saturated rings. The van der Waals surface area contributed by atoms with Crippen molar-refractivity contribution in [2.75, 3.05) is 37.5 Å². The van der Waals surface area contributed by atoms with E-state index < -0.39 is 20.1 Å². The van der Waals surface area contributed by atoms with Gasteiger partial charge in [0.15, 0.2) is 0 Å². The Labute approximate surface area is 116 Å². The Morgan fingerprint density at radius 1 is 0.722 bits per heavy atom. The van der Waals surface area contributed by atoms with Crippen LogP contribution in [0, 0.1) is 0 Å². The average Bonchev–Trinajstić information content (AvgIpc) is 2.24. The van der Waals surface area contributed by atoms with Crippen LogP contribution < -0.4 is 0 Å². The van der Waals surface area contributed by atoms with Crippen molar-refractivity contribution >= 4 is 20.1 Å². The first-order chi connectivity index (χ1) is 8.21. The molecule has 0 aromatic heterocycles. The third-order valence-electron chi connectivity index (χ3n) is 3.92. The third kappa shape index (κ3) is 2.75. The topological polar surface area (TPSA) is 0 Å². The molecular weight excluding hydrogens is 256 g/mol. The fourth-order valence-electron chi connectivity index (χ4n) is 3.05. The van der Waals surface area contributed by atoms with Gasteiger partial charge in [-0.3, -0.25) is 0 Å². The van der Waals surface area contributed by atoms with E-state index in [2.05, 4.69) is 61.8 Å². The molecule has 104 valence electrons. The Morgan fingerprint density at radius 3 is 1.33 bits per heavy atom. The number of hydrogen-bond donors (Lipinski definition) is 0. The minimum Gasteiger partial charge on any atom is -0.240 e. The average molecular weight is 285 g/mol. The standard InChI is InChI=1S/C16H28S2/c1-17(2,3)15-11-7-10-14-13(15)9-8-12-16(14)18(4,5)6/h7-8,11-12,15-16H,9-10H2,1-6H3. The lowest BCUT2D eigenvalue weighted by atomic mass is 9.88. The molecule has 0 radical (unpaired) electrons. The van der Waals surface area contributed by atoms with E-state index in [4.69, 9.17) is 0 Å². The summed E-state index contributed by atoms with van der Waals surface area (Å²) in [6.07, 6.45) is 26.9. The van der Waals surface area contributed by atoms with Gasteiger partial charge in [0.1, 0.15) is 0 Å². The molecule has 0 aromatic rings. The van der Waals surface area contributed by atoms with E-state index in [1.165, 1.54) is 12.8 Å². The van der Waals surface area contributed by atoms with E-state index in [0.717, 1.165) is 10.5 Å². The normalized spacial score (nSPS) is 30.3. The summed E-state index contributed by atoms with van der Waals surface area (Å²) in [5.41, 5.74) is 3.52. The molecule has 0 amide bonds. The Morgan fingerprint density at radius 2 is 1.06 bits per heavy atom. The lowest BCUT2D eigenvalue weighted by molar-refractivity contribution is 0.925. The van der Waals surface area contributed by atoms with Crippen LogP contribution in [0.4, 0.5) is 0 Å². The van der Waals surface area contributed by atoms with Crippen LogP contribution in [0.2, 0.25) is 0 Å². The highest BCUT2D eigenvalue weighted by Crippen LogP contribution is 2.54. The fraction of sp³-hybridized carbons (Fsp3) is 0.625. The maximum absolute atomic E-state index is 2.49. The van der Waals surface area contributed by atoms with Crippen LogP contribution in [0.25, 0.3) is 0 Å². The quantitative estimate of drug-likeness (QED) is 0.662. The molecule has 2 rings (SSSR count). The van der Waals surface area contributed by atoms with Crippen molar-refractivity contribution in [2.24, 2.45) is 0 Å². The molecule has 0 saturated carbocycles. The van der Waals surface area contributed by atoms with E-state index in [0.29, 0.717) is 0 Å². The summed E-state index contributed by atoms with van der Waals surface area (Å²) in [5, 5.41) is 1.44. The fourth-order valence-corrected chi connectivity index (χ4v) is 6.42. The minimum absolute atomic E-state index is 0.534. The first kappa shape index (κ1) is 14.3. The Hall–Kier alpha value is -0.0800. The molecule has 0 aliphatic heterocycles. The summed E-state index contributed by atoms with van der Waals surface area (Å²) in [5.74, 6) is 0. The van der Waals surface area contributed by atoms with Gasteiger partial charge in [0.2, 0.25) is 0 Å². The van der Waals surface area contributed by atoms with Gasteiger partial charge in [-0.2, -0.15) is 0 Å². The van der Waals surface area contributed by atoms with Crippen LogP contribution in [-0.4, -0.2) is 48.0 Å². The number of allylic oxidation sites excluding steroid dienone is 2. The number of rotatable bonds is 2.